The zero-order valence-corrected chi connectivity index (χ0v) is 17.4. The molecule has 4 nitrogen and oxygen atoms in total. The lowest BCUT2D eigenvalue weighted by Crippen LogP contribution is -2.51. The minimum atomic E-state index is -4.84. The highest BCUT2D eigenvalue weighted by Gasteiger charge is 2.68. The van der Waals surface area contributed by atoms with E-state index < -0.39 is 23.0 Å². The lowest BCUT2D eigenvalue weighted by atomic mass is 9.85. The summed E-state index contributed by atoms with van der Waals surface area (Å²) in [5.74, 6) is -1.13. The van der Waals surface area contributed by atoms with E-state index in [1.165, 1.54) is 30.5 Å². The van der Waals surface area contributed by atoms with Gasteiger partial charge in [-0.2, -0.15) is 24.9 Å². The number of alkyl halides is 3. The summed E-state index contributed by atoms with van der Waals surface area (Å²) in [5.41, 5.74) is -2.22. The highest BCUT2D eigenvalue weighted by atomic mass is 35.5. The SMILES string of the molecule is CSC1C(c2ccc(C(=O)O)c(C)c2)=NOC1(c1cc(Cl)cc(Cl)c1)C(F)(F)F. The van der Waals surface area contributed by atoms with Crippen LogP contribution in [0.4, 0.5) is 13.2 Å². The Morgan fingerprint density at radius 2 is 1.83 bits per heavy atom. The van der Waals surface area contributed by atoms with Crippen molar-refractivity contribution in [3.05, 3.63) is 68.7 Å². The fraction of sp³-hybridized carbons (Fsp3) is 0.263. The van der Waals surface area contributed by atoms with E-state index in [1.54, 1.807) is 6.92 Å². The molecule has 10 heteroatoms. The second-order valence-corrected chi connectivity index (χ2v) is 8.23. The molecule has 0 amide bonds. The molecule has 1 aliphatic rings. The van der Waals surface area contributed by atoms with Gasteiger partial charge in [-0.15, -0.1) is 0 Å². The summed E-state index contributed by atoms with van der Waals surface area (Å²) in [6, 6.07) is 7.86. The molecule has 0 aliphatic carbocycles. The molecule has 1 N–H and O–H groups in total. The number of aryl methyl sites for hydroxylation is 1. The van der Waals surface area contributed by atoms with Crippen LogP contribution in [0.2, 0.25) is 10.0 Å². The van der Waals surface area contributed by atoms with Gasteiger partial charge in [-0.05, 0) is 49.1 Å². The first kappa shape index (κ1) is 21.8. The number of carboxylic acid groups (broad SMARTS) is 1. The number of halogens is 5. The van der Waals surface area contributed by atoms with Gasteiger partial charge in [0.1, 0.15) is 11.0 Å². The van der Waals surface area contributed by atoms with Crippen molar-refractivity contribution >= 4 is 46.6 Å². The van der Waals surface area contributed by atoms with Crippen LogP contribution in [-0.2, 0) is 10.4 Å². The average molecular weight is 464 g/mol. The smallest absolute Gasteiger partial charge is 0.436 e. The number of carbonyl (C=O) groups is 1. The largest absolute Gasteiger partial charge is 0.478 e. The summed E-state index contributed by atoms with van der Waals surface area (Å²) in [5, 5.41) is 11.8. The lowest BCUT2D eigenvalue weighted by Gasteiger charge is -2.34. The molecule has 0 saturated carbocycles. The number of hydrogen-bond acceptors (Lipinski definition) is 4. The first-order valence-corrected chi connectivity index (χ1v) is 10.2. The molecule has 1 heterocycles. The molecule has 2 aromatic rings. The van der Waals surface area contributed by atoms with Crippen molar-refractivity contribution in [3.63, 3.8) is 0 Å². The molecule has 3 rings (SSSR count). The third kappa shape index (κ3) is 3.69. The van der Waals surface area contributed by atoms with Crippen LogP contribution in [0.3, 0.4) is 0 Å². The Balaban J connectivity index is 2.15. The maximum atomic E-state index is 14.4. The minimum Gasteiger partial charge on any atom is -0.478 e. The number of nitrogens with zero attached hydrogens (tertiary/aromatic N) is 1. The van der Waals surface area contributed by atoms with Crippen molar-refractivity contribution in [3.8, 4) is 0 Å². The van der Waals surface area contributed by atoms with Gasteiger partial charge in [-0.3, -0.25) is 0 Å². The quantitative estimate of drug-likeness (QED) is 0.610. The van der Waals surface area contributed by atoms with Gasteiger partial charge in [0, 0.05) is 21.2 Å². The van der Waals surface area contributed by atoms with E-state index in [2.05, 4.69) is 5.16 Å². The molecule has 0 bridgehead atoms. The predicted molar refractivity (Wildman–Crippen MR) is 107 cm³/mol. The van der Waals surface area contributed by atoms with Crippen LogP contribution in [0.15, 0.2) is 41.6 Å². The summed E-state index contributed by atoms with van der Waals surface area (Å²) in [6.45, 7) is 1.56. The molecule has 2 aromatic carbocycles. The van der Waals surface area contributed by atoms with Gasteiger partial charge in [0.25, 0.3) is 5.60 Å². The number of hydrogen-bond donors (Lipinski definition) is 1. The van der Waals surface area contributed by atoms with Crippen LogP contribution in [0.25, 0.3) is 0 Å². The lowest BCUT2D eigenvalue weighted by molar-refractivity contribution is -0.273. The van der Waals surface area contributed by atoms with Crippen LogP contribution < -0.4 is 0 Å². The van der Waals surface area contributed by atoms with Crippen molar-refractivity contribution in [2.24, 2.45) is 5.16 Å². The molecule has 29 heavy (non-hydrogen) atoms. The molecule has 0 radical (unpaired) electrons. The summed E-state index contributed by atoms with van der Waals surface area (Å²) < 4.78 is 43.1. The van der Waals surface area contributed by atoms with E-state index in [0.717, 1.165) is 23.9 Å². The molecular weight excluding hydrogens is 450 g/mol. The molecule has 154 valence electrons. The zero-order chi connectivity index (χ0) is 21.6. The summed E-state index contributed by atoms with van der Waals surface area (Å²) in [4.78, 5) is 16.3. The maximum absolute atomic E-state index is 14.4. The van der Waals surface area contributed by atoms with Gasteiger partial charge in [-0.25, -0.2) is 4.79 Å². The fourth-order valence-electron chi connectivity index (χ4n) is 3.29. The monoisotopic (exact) mass is 463 g/mol. The van der Waals surface area contributed by atoms with Gasteiger partial charge >= 0.3 is 12.1 Å². The van der Waals surface area contributed by atoms with Crippen LogP contribution in [0, 0.1) is 6.92 Å². The van der Waals surface area contributed by atoms with Gasteiger partial charge < -0.3 is 9.94 Å². The molecule has 1 aliphatic heterocycles. The van der Waals surface area contributed by atoms with E-state index in [4.69, 9.17) is 28.0 Å². The Bertz CT molecular complexity index is 992. The summed E-state index contributed by atoms with van der Waals surface area (Å²) in [6.07, 6.45) is -3.32. The Morgan fingerprint density at radius 1 is 1.21 bits per heavy atom. The van der Waals surface area contributed by atoms with Crippen molar-refractivity contribution in [2.75, 3.05) is 6.26 Å². The molecule has 0 saturated heterocycles. The fourth-order valence-corrected chi connectivity index (χ4v) is 4.86. The van der Waals surface area contributed by atoms with Crippen molar-refractivity contribution in [2.45, 2.75) is 24.0 Å². The third-order valence-corrected chi connectivity index (χ3v) is 6.07. The average Bonchev–Trinajstić information content (AvgIpc) is 3.00. The second-order valence-electron chi connectivity index (χ2n) is 6.41. The first-order chi connectivity index (χ1) is 13.5. The van der Waals surface area contributed by atoms with E-state index in [1.807, 2.05) is 0 Å². The van der Waals surface area contributed by atoms with Crippen LogP contribution >= 0.6 is 35.0 Å². The molecule has 2 unspecified atom stereocenters. The Hall–Kier alpha value is -1.90. The summed E-state index contributed by atoms with van der Waals surface area (Å²) in [7, 11) is 0. The number of oxime groups is 1. The minimum absolute atomic E-state index is 0.0367. The van der Waals surface area contributed by atoms with Crippen LogP contribution in [-0.4, -0.2) is 34.5 Å². The molecular formula is C19H14Cl2F3NO3S. The highest BCUT2D eigenvalue weighted by molar-refractivity contribution is 8.00. The number of aromatic carboxylic acids is 1. The molecule has 0 aromatic heterocycles. The van der Waals surface area contributed by atoms with Crippen molar-refractivity contribution < 1.29 is 27.9 Å². The van der Waals surface area contributed by atoms with E-state index in [9.17, 15) is 23.1 Å². The van der Waals surface area contributed by atoms with E-state index >= 15 is 0 Å². The molecule has 0 spiro atoms. The topological polar surface area (TPSA) is 58.9 Å². The predicted octanol–water partition coefficient (Wildman–Crippen LogP) is 5.92. The first-order valence-electron chi connectivity index (χ1n) is 8.17. The number of benzene rings is 2. The third-order valence-electron chi connectivity index (χ3n) is 4.61. The maximum Gasteiger partial charge on any atom is 0.436 e. The van der Waals surface area contributed by atoms with Gasteiger partial charge in [0.15, 0.2) is 0 Å². The Kier molecular flexibility index (Phi) is 5.82. The Labute approximate surface area is 178 Å². The standard InChI is InChI=1S/C19H14Cl2F3NO3S/c1-9-5-10(3-4-14(9)17(26)27)15-16(29-2)18(28-25-15,19(22,23)24)11-6-12(20)8-13(21)7-11/h3-8,16H,1-2H3,(H,26,27). The highest BCUT2D eigenvalue weighted by Crippen LogP contribution is 2.53. The number of thioether (sulfide) groups is 1. The molecule has 2 atom stereocenters. The van der Waals surface area contributed by atoms with Gasteiger partial charge in [-0.1, -0.05) is 34.4 Å². The van der Waals surface area contributed by atoms with Crippen LogP contribution in [0.1, 0.15) is 27.0 Å². The number of rotatable bonds is 4. The van der Waals surface area contributed by atoms with E-state index in [0.29, 0.717) is 11.1 Å². The van der Waals surface area contributed by atoms with Crippen molar-refractivity contribution in [1.29, 1.82) is 0 Å². The number of carboxylic acids is 1. The van der Waals surface area contributed by atoms with Crippen LogP contribution in [0.5, 0.6) is 0 Å². The normalized spacial score (nSPS) is 21.6. The zero-order valence-electron chi connectivity index (χ0n) is 15.1. The molecule has 0 fully saturated rings. The van der Waals surface area contributed by atoms with E-state index in [-0.39, 0.29) is 26.9 Å². The Morgan fingerprint density at radius 3 is 2.31 bits per heavy atom. The second kappa shape index (κ2) is 7.74. The summed E-state index contributed by atoms with van der Waals surface area (Å²) >= 11 is 12.8. The van der Waals surface area contributed by atoms with Crippen molar-refractivity contribution in [1.82, 2.24) is 0 Å². The van der Waals surface area contributed by atoms with Gasteiger partial charge in [0.2, 0.25) is 0 Å². The van der Waals surface area contributed by atoms with Gasteiger partial charge in [0.05, 0.1) is 5.56 Å².